The normalized spacial score (nSPS) is 19.7. The smallest absolute Gasteiger partial charge is 0.261 e. The Hall–Kier alpha value is -0.670. The van der Waals surface area contributed by atoms with Crippen LogP contribution >= 0.6 is 7.37 Å². The van der Waals surface area contributed by atoms with E-state index in [1.54, 1.807) is 18.2 Å². The summed E-state index contributed by atoms with van der Waals surface area (Å²) in [5, 5.41) is 8.11. The predicted octanol–water partition coefficient (Wildman–Crippen LogP) is 0.249. The van der Waals surface area contributed by atoms with Crippen LogP contribution in [0.2, 0.25) is 0 Å². The highest BCUT2D eigenvalue weighted by Gasteiger charge is 2.41. The van der Waals surface area contributed by atoms with Crippen LogP contribution in [0.1, 0.15) is 6.92 Å². The summed E-state index contributed by atoms with van der Waals surface area (Å²) in [4.78, 5) is 9.74. The van der Waals surface area contributed by atoms with Gasteiger partial charge >= 0.3 is 0 Å². The Labute approximate surface area is 82.8 Å². The highest BCUT2D eigenvalue weighted by atomic mass is 31.2. The zero-order valence-electron chi connectivity index (χ0n) is 7.92. The van der Waals surface area contributed by atoms with Crippen LogP contribution in [-0.4, -0.2) is 21.9 Å². The zero-order chi connectivity index (χ0) is 10.8. The van der Waals surface area contributed by atoms with Crippen LogP contribution in [0.5, 0.6) is 0 Å². The molecule has 5 heteroatoms. The average Bonchev–Trinajstić information content (AvgIpc) is 2.19. The Balaban J connectivity index is 3.15. The lowest BCUT2D eigenvalue weighted by molar-refractivity contribution is 0.139. The number of nitrogens with two attached hydrogens (primary N) is 1. The van der Waals surface area contributed by atoms with Gasteiger partial charge in [0.1, 0.15) is 0 Å². The lowest BCUT2D eigenvalue weighted by atomic mass is 10.4. The van der Waals surface area contributed by atoms with Gasteiger partial charge in [-0.1, -0.05) is 18.2 Å². The van der Waals surface area contributed by atoms with Crippen molar-refractivity contribution in [3.05, 3.63) is 30.3 Å². The molecule has 0 spiro atoms. The Kier molecular flexibility index (Phi) is 3.12. The van der Waals surface area contributed by atoms with Crippen LogP contribution in [0.4, 0.5) is 0 Å². The molecule has 0 saturated carbocycles. The van der Waals surface area contributed by atoms with Crippen molar-refractivity contribution in [1.82, 2.24) is 0 Å². The minimum atomic E-state index is -3.82. The van der Waals surface area contributed by atoms with Gasteiger partial charge in [0, 0.05) is 11.8 Å². The van der Waals surface area contributed by atoms with E-state index in [2.05, 4.69) is 0 Å². The molecule has 0 aliphatic carbocycles. The molecule has 0 heterocycles. The van der Waals surface area contributed by atoms with E-state index in [0.717, 1.165) is 0 Å². The highest BCUT2D eigenvalue weighted by molar-refractivity contribution is 7.67. The van der Waals surface area contributed by atoms with Crippen LogP contribution < -0.4 is 11.0 Å². The number of rotatable bonds is 3. The summed E-state index contributed by atoms with van der Waals surface area (Å²) in [6.45, 7) is 1.01. The van der Waals surface area contributed by atoms with Crippen molar-refractivity contribution < 1.29 is 14.6 Å². The number of benzene rings is 1. The van der Waals surface area contributed by atoms with Gasteiger partial charge in [0.25, 0.3) is 7.37 Å². The zero-order valence-corrected chi connectivity index (χ0v) is 8.82. The molecule has 1 aromatic carbocycles. The average molecular weight is 215 g/mol. The summed E-state index contributed by atoms with van der Waals surface area (Å²) in [5.74, 6) is 0. The minimum absolute atomic E-state index is 0.218. The second-order valence-corrected chi connectivity index (χ2v) is 5.96. The van der Waals surface area contributed by atoms with Crippen molar-refractivity contribution >= 4 is 12.7 Å². The van der Waals surface area contributed by atoms with Gasteiger partial charge in [-0.3, -0.25) is 4.57 Å². The molecule has 78 valence electrons. The van der Waals surface area contributed by atoms with Gasteiger partial charge in [-0.25, -0.2) is 0 Å². The van der Waals surface area contributed by atoms with Crippen LogP contribution in [0.15, 0.2) is 30.3 Å². The third-order valence-corrected chi connectivity index (χ3v) is 4.63. The molecule has 0 radical (unpaired) electrons. The SMILES string of the molecule is CC(O)(CN)P(=O)(O)c1ccccc1. The first kappa shape index (κ1) is 11.4. The summed E-state index contributed by atoms with van der Waals surface area (Å²) >= 11 is 0. The molecule has 4 nitrogen and oxygen atoms in total. The Morgan fingerprint density at radius 3 is 2.36 bits per heavy atom. The summed E-state index contributed by atoms with van der Waals surface area (Å²) < 4.78 is 11.9. The van der Waals surface area contributed by atoms with Gasteiger partial charge in [0.05, 0.1) is 0 Å². The molecule has 0 fully saturated rings. The maximum Gasteiger partial charge on any atom is 0.261 e. The molecular formula is C9H14NO3P. The fraction of sp³-hybridized carbons (Fsp3) is 0.333. The van der Waals surface area contributed by atoms with Gasteiger partial charge in [0.15, 0.2) is 5.34 Å². The second kappa shape index (κ2) is 3.83. The standard InChI is InChI=1S/C9H14NO3P/c1-9(11,7-10)14(12,13)8-5-3-2-4-6-8/h2-6,11H,7,10H2,1H3,(H,12,13). The van der Waals surface area contributed by atoms with Crippen molar-refractivity contribution in [2.45, 2.75) is 12.3 Å². The predicted molar refractivity (Wildman–Crippen MR) is 55.6 cm³/mol. The molecule has 0 amide bonds. The Morgan fingerprint density at radius 2 is 1.93 bits per heavy atom. The molecule has 1 rings (SSSR count). The van der Waals surface area contributed by atoms with E-state index in [-0.39, 0.29) is 11.8 Å². The summed E-state index contributed by atoms with van der Waals surface area (Å²) in [6, 6.07) is 8.03. The third kappa shape index (κ3) is 1.88. The molecule has 0 bridgehead atoms. The fourth-order valence-electron chi connectivity index (χ4n) is 1.03. The molecular weight excluding hydrogens is 201 g/mol. The maximum absolute atomic E-state index is 11.9. The monoisotopic (exact) mass is 215 g/mol. The fourth-order valence-corrected chi connectivity index (χ4v) is 2.41. The molecule has 0 saturated heterocycles. The first-order valence-electron chi connectivity index (χ1n) is 4.23. The second-order valence-electron chi connectivity index (χ2n) is 3.33. The Bertz CT molecular complexity index is 350. The van der Waals surface area contributed by atoms with Crippen molar-refractivity contribution in [2.24, 2.45) is 5.73 Å². The number of aliphatic hydroxyl groups is 1. The maximum atomic E-state index is 11.9. The molecule has 2 atom stereocenters. The van der Waals surface area contributed by atoms with E-state index >= 15 is 0 Å². The van der Waals surface area contributed by atoms with Gasteiger partial charge < -0.3 is 15.7 Å². The van der Waals surface area contributed by atoms with Crippen molar-refractivity contribution in [1.29, 1.82) is 0 Å². The van der Waals surface area contributed by atoms with Gasteiger partial charge in [-0.15, -0.1) is 0 Å². The lowest BCUT2D eigenvalue weighted by Gasteiger charge is -2.27. The van der Waals surface area contributed by atoms with E-state index in [1.165, 1.54) is 19.1 Å². The van der Waals surface area contributed by atoms with E-state index in [1.807, 2.05) is 0 Å². The quantitative estimate of drug-likeness (QED) is 0.631. The molecule has 14 heavy (non-hydrogen) atoms. The molecule has 2 unspecified atom stereocenters. The summed E-state index contributed by atoms with van der Waals surface area (Å²) in [7, 11) is -3.82. The molecule has 4 N–H and O–H groups in total. The van der Waals surface area contributed by atoms with Crippen LogP contribution in [-0.2, 0) is 4.57 Å². The van der Waals surface area contributed by atoms with Crippen molar-refractivity contribution in [3.8, 4) is 0 Å². The topological polar surface area (TPSA) is 83.5 Å². The van der Waals surface area contributed by atoms with Gasteiger partial charge in [0.2, 0.25) is 0 Å². The van der Waals surface area contributed by atoms with E-state index in [0.29, 0.717) is 0 Å². The lowest BCUT2D eigenvalue weighted by Crippen LogP contribution is -2.37. The molecule has 1 aromatic rings. The Morgan fingerprint density at radius 1 is 1.43 bits per heavy atom. The number of hydrogen-bond acceptors (Lipinski definition) is 3. The van der Waals surface area contributed by atoms with Crippen LogP contribution in [0, 0.1) is 0 Å². The number of hydrogen-bond donors (Lipinski definition) is 3. The first-order chi connectivity index (χ1) is 6.42. The van der Waals surface area contributed by atoms with Crippen LogP contribution in [0.3, 0.4) is 0 Å². The highest BCUT2D eigenvalue weighted by Crippen LogP contribution is 2.50. The molecule has 0 aliphatic heterocycles. The van der Waals surface area contributed by atoms with E-state index < -0.39 is 12.7 Å². The van der Waals surface area contributed by atoms with Crippen molar-refractivity contribution in [2.75, 3.05) is 6.54 Å². The third-order valence-electron chi connectivity index (χ3n) is 2.15. The summed E-state index contributed by atoms with van der Waals surface area (Å²) in [6.07, 6.45) is 0. The van der Waals surface area contributed by atoms with Crippen molar-refractivity contribution in [3.63, 3.8) is 0 Å². The van der Waals surface area contributed by atoms with Gasteiger partial charge in [-0.2, -0.15) is 0 Å². The van der Waals surface area contributed by atoms with Gasteiger partial charge in [-0.05, 0) is 19.1 Å². The first-order valence-corrected chi connectivity index (χ1v) is 5.89. The minimum Gasteiger partial charge on any atom is -0.378 e. The van der Waals surface area contributed by atoms with Crippen LogP contribution in [0.25, 0.3) is 0 Å². The molecule has 0 aliphatic rings. The summed E-state index contributed by atoms with van der Waals surface area (Å²) in [5.41, 5.74) is 5.25. The largest absolute Gasteiger partial charge is 0.378 e. The van der Waals surface area contributed by atoms with E-state index in [9.17, 15) is 14.6 Å². The van der Waals surface area contributed by atoms with E-state index in [4.69, 9.17) is 5.73 Å². The molecule has 0 aromatic heterocycles.